The van der Waals surface area contributed by atoms with Crippen LogP contribution in [0.2, 0.25) is 0 Å². The van der Waals surface area contributed by atoms with Crippen molar-refractivity contribution in [2.75, 3.05) is 0 Å². The van der Waals surface area contributed by atoms with Crippen molar-refractivity contribution in [1.82, 2.24) is 4.98 Å². The van der Waals surface area contributed by atoms with Crippen molar-refractivity contribution < 1.29 is 4.74 Å². The van der Waals surface area contributed by atoms with E-state index in [1.54, 1.807) is 0 Å². The zero-order chi connectivity index (χ0) is 13.9. The quantitative estimate of drug-likeness (QED) is 0.771. The number of ether oxygens (including phenoxy) is 1. The molecule has 1 aromatic carbocycles. The Balaban J connectivity index is 1.91. The van der Waals surface area contributed by atoms with Gasteiger partial charge in [-0.15, -0.1) is 11.6 Å². The number of alkyl halides is 1. The zero-order valence-electron chi connectivity index (χ0n) is 11.6. The lowest BCUT2D eigenvalue weighted by Crippen LogP contribution is -2.15. The first kappa shape index (κ1) is 13.4. The van der Waals surface area contributed by atoms with Gasteiger partial charge in [0.25, 0.3) is 0 Å². The fourth-order valence-electron chi connectivity index (χ4n) is 2.76. The van der Waals surface area contributed by atoms with Gasteiger partial charge in [0.15, 0.2) is 0 Å². The van der Waals surface area contributed by atoms with E-state index >= 15 is 0 Å². The first-order valence-electron chi connectivity index (χ1n) is 7.04. The van der Waals surface area contributed by atoms with Gasteiger partial charge >= 0.3 is 0 Å². The molecule has 2 nitrogen and oxygen atoms in total. The lowest BCUT2D eigenvalue weighted by molar-refractivity contribution is 0.182. The molecule has 3 rings (SSSR count). The summed E-state index contributed by atoms with van der Waals surface area (Å²) in [4.78, 5) is 4.28. The second-order valence-corrected chi connectivity index (χ2v) is 5.53. The van der Waals surface area contributed by atoms with Crippen LogP contribution in [0.3, 0.4) is 0 Å². The average Bonchev–Trinajstić information content (AvgIpc) is 2.48. The number of halogens is 1. The van der Waals surface area contributed by atoms with E-state index in [0.29, 0.717) is 5.88 Å². The fourth-order valence-corrected chi connectivity index (χ4v) is 2.96. The van der Waals surface area contributed by atoms with Gasteiger partial charge in [-0.05, 0) is 37.3 Å². The monoisotopic (exact) mass is 287 g/mol. The van der Waals surface area contributed by atoms with Crippen molar-refractivity contribution >= 4 is 11.6 Å². The van der Waals surface area contributed by atoms with Crippen LogP contribution < -0.4 is 4.74 Å². The van der Waals surface area contributed by atoms with E-state index in [2.05, 4.69) is 29.2 Å². The highest BCUT2D eigenvalue weighted by atomic mass is 35.5. The molecule has 2 aromatic rings. The summed E-state index contributed by atoms with van der Waals surface area (Å²) in [5.41, 5.74) is 4.63. The number of nitrogens with zero attached hydrogens (tertiary/aromatic N) is 1. The molecule has 1 aromatic heterocycles. The highest BCUT2D eigenvalue weighted by molar-refractivity contribution is 6.17. The summed E-state index contributed by atoms with van der Waals surface area (Å²) >= 11 is 5.98. The lowest BCUT2D eigenvalue weighted by Gasteiger charge is -2.27. The Hall–Kier alpha value is -1.54. The molecule has 0 fully saturated rings. The summed E-state index contributed by atoms with van der Waals surface area (Å²) in [5.74, 6) is 1.30. The number of aryl methyl sites for hydroxylation is 2. The Morgan fingerprint density at radius 1 is 1.35 bits per heavy atom. The van der Waals surface area contributed by atoms with Crippen LogP contribution >= 0.6 is 11.6 Å². The molecule has 20 heavy (non-hydrogen) atoms. The van der Waals surface area contributed by atoms with Crippen LogP contribution in [0.1, 0.15) is 41.3 Å². The molecule has 0 saturated heterocycles. The molecule has 0 aliphatic heterocycles. The van der Waals surface area contributed by atoms with Gasteiger partial charge in [-0.3, -0.25) is 4.98 Å². The topological polar surface area (TPSA) is 22.1 Å². The number of pyridine rings is 1. The smallest absolute Gasteiger partial charge is 0.127 e. The maximum atomic E-state index is 6.26. The van der Waals surface area contributed by atoms with E-state index in [4.69, 9.17) is 16.3 Å². The third-order valence-electron chi connectivity index (χ3n) is 3.81. The maximum absolute atomic E-state index is 6.26. The molecule has 0 saturated carbocycles. The number of aromatic nitrogens is 1. The van der Waals surface area contributed by atoms with Crippen molar-refractivity contribution in [2.45, 2.75) is 38.2 Å². The Kier molecular flexibility index (Phi) is 3.93. The Morgan fingerprint density at radius 2 is 2.20 bits per heavy atom. The summed E-state index contributed by atoms with van der Waals surface area (Å²) in [6.45, 7) is 1.97. The summed E-state index contributed by atoms with van der Waals surface area (Å²) in [7, 11) is 0. The third-order valence-corrected chi connectivity index (χ3v) is 4.10. The molecular weight excluding hydrogens is 270 g/mol. The summed E-state index contributed by atoms with van der Waals surface area (Å²) in [6.07, 6.45) is 5.31. The molecule has 1 aliphatic carbocycles. The van der Waals surface area contributed by atoms with Gasteiger partial charge in [0.2, 0.25) is 0 Å². The number of rotatable bonds is 3. The molecule has 1 aliphatic rings. The fraction of sp³-hybridized carbons (Fsp3) is 0.353. The van der Waals surface area contributed by atoms with Gasteiger partial charge in [-0.1, -0.05) is 24.3 Å². The van der Waals surface area contributed by atoms with Gasteiger partial charge < -0.3 is 4.74 Å². The predicted octanol–water partition coefficient (Wildman–Crippen LogP) is 4.59. The second-order valence-electron chi connectivity index (χ2n) is 5.26. The highest BCUT2D eigenvalue weighted by Gasteiger charge is 2.22. The first-order valence-corrected chi connectivity index (χ1v) is 7.57. The summed E-state index contributed by atoms with van der Waals surface area (Å²) in [5, 5.41) is 0. The molecule has 1 heterocycles. The van der Waals surface area contributed by atoms with Crippen molar-refractivity contribution in [2.24, 2.45) is 0 Å². The van der Waals surface area contributed by atoms with Crippen LogP contribution in [0.15, 0.2) is 36.5 Å². The molecule has 0 bridgehead atoms. The van der Waals surface area contributed by atoms with Gasteiger partial charge in [0.05, 0.1) is 5.88 Å². The molecule has 3 heteroatoms. The van der Waals surface area contributed by atoms with E-state index < -0.39 is 0 Å². The van der Waals surface area contributed by atoms with E-state index in [-0.39, 0.29) is 6.10 Å². The Morgan fingerprint density at radius 3 is 3.05 bits per heavy atom. The standard InChI is InChI=1S/C17H18ClNO/c1-12-9-17(14(10-18)11-19-12)20-16-8-4-6-13-5-2-3-7-15(13)16/h2-3,5,7,9,11,16H,4,6,8,10H2,1H3. The number of hydrogen-bond acceptors (Lipinski definition) is 2. The first-order chi connectivity index (χ1) is 9.78. The van der Waals surface area contributed by atoms with Crippen molar-refractivity contribution in [3.05, 3.63) is 58.9 Å². The van der Waals surface area contributed by atoms with Crippen LogP contribution in [0, 0.1) is 6.92 Å². The normalized spacial score (nSPS) is 17.6. The van der Waals surface area contributed by atoms with Gasteiger partial charge in [-0.2, -0.15) is 0 Å². The van der Waals surface area contributed by atoms with Crippen LogP contribution in [-0.2, 0) is 12.3 Å². The van der Waals surface area contributed by atoms with Crippen LogP contribution in [0.4, 0.5) is 0 Å². The number of hydrogen-bond donors (Lipinski definition) is 0. The van der Waals surface area contributed by atoms with Crippen LogP contribution in [0.5, 0.6) is 5.75 Å². The molecule has 1 atom stereocenters. The molecule has 0 radical (unpaired) electrons. The van der Waals surface area contributed by atoms with Crippen molar-refractivity contribution in [3.8, 4) is 5.75 Å². The third kappa shape index (κ3) is 2.66. The lowest BCUT2D eigenvalue weighted by atomic mass is 9.89. The minimum absolute atomic E-state index is 0.128. The molecule has 0 amide bonds. The van der Waals surface area contributed by atoms with Crippen LogP contribution in [0.25, 0.3) is 0 Å². The minimum atomic E-state index is 0.128. The molecule has 1 unspecified atom stereocenters. The summed E-state index contributed by atoms with van der Waals surface area (Å²) < 4.78 is 6.26. The van der Waals surface area contributed by atoms with Gasteiger partial charge in [-0.25, -0.2) is 0 Å². The molecule has 104 valence electrons. The van der Waals surface area contributed by atoms with Gasteiger partial charge in [0.1, 0.15) is 11.9 Å². The van der Waals surface area contributed by atoms with Crippen molar-refractivity contribution in [1.29, 1.82) is 0 Å². The Labute approximate surface area is 124 Å². The Bertz CT molecular complexity index is 612. The summed E-state index contributed by atoms with van der Waals surface area (Å²) in [6, 6.07) is 10.5. The second kappa shape index (κ2) is 5.84. The number of fused-ring (bicyclic) bond motifs is 1. The van der Waals surface area contributed by atoms with Gasteiger partial charge in [0, 0.05) is 23.5 Å². The zero-order valence-corrected chi connectivity index (χ0v) is 12.4. The molecule has 0 spiro atoms. The number of benzene rings is 1. The van der Waals surface area contributed by atoms with Crippen molar-refractivity contribution in [3.63, 3.8) is 0 Å². The van der Waals surface area contributed by atoms with E-state index in [0.717, 1.165) is 29.8 Å². The highest BCUT2D eigenvalue weighted by Crippen LogP contribution is 2.35. The minimum Gasteiger partial charge on any atom is -0.485 e. The average molecular weight is 288 g/mol. The molecule has 0 N–H and O–H groups in total. The SMILES string of the molecule is Cc1cc(OC2CCCc3ccccc32)c(CCl)cn1. The largest absolute Gasteiger partial charge is 0.485 e. The van der Waals surface area contributed by atoms with E-state index in [9.17, 15) is 0 Å². The van der Waals surface area contributed by atoms with E-state index in [1.807, 2.05) is 19.2 Å². The van der Waals surface area contributed by atoms with E-state index in [1.165, 1.54) is 17.5 Å². The van der Waals surface area contributed by atoms with Crippen LogP contribution in [-0.4, -0.2) is 4.98 Å². The maximum Gasteiger partial charge on any atom is 0.127 e. The molecular formula is C17H18ClNO. The predicted molar refractivity (Wildman–Crippen MR) is 81.3 cm³/mol.